The number of urea groups is 1. The van der Waals surface area contributed by atoms with E-state index in [1.54, 1.807) is 18.2 Å². The van der Waals surface area contributed by atoms with Gasteiger partial charge in [0.15, 0.2) is 0 Å². The molecule has 4 rings (SSSR count). The molecule has 28 heavy (non-hydrogen) atoms. The Bertz CT molecular complexity index is 994. The van der Waals surface area contributed by atoms with Gasteiger partial charge in [0.2, 0.25) is 5.91 Å². The number of imide groups is 1. The highest BCUT2D eigenvalue weighted by atomic mass is 35.5. The average Bonchev–Trinajstić information content (AvgIpc) is 3.15. The SMILES string of the molecule is O=C(CN1C(=O)NC2(CCc3ccccc32)C1=O)NCc1ccc(Cl)cc1Cl. The Morgan fingerprint density at radius 2 is 1.96 bits per heavy atom. The zero-order valence-corrected chi connectivity index (χ0v) is 16.3. The number of hydrogen-bond donors (Lipinski definition) is 2. The first-order valence-corrected chi connectivity index (χ1v) is 9.59. The van der Waals surface area contributed by atoms with Crippen LogP contribution in [-0.4, -0.2) is 29.3 Å². The number of rotatable bonds is 4. The lowest BCUT2D eigenvalue weighted by Crippen LogP contribution is -2.43. The van der Waals surface area contributed by atoms with Gasteiger partial charge in [-0.05, 0) is 41.7 Å². The summed E-state index contributed by atoms with van der Waals surface area (Å²) < 4.78 is 0. The van der Waals surface area contributed by atoms with Crippen LogP contribution < -0.4 is 10.6 Å². The fourth-order valence-corrected chi connectivity index (χ4v) is 4.27. The summed E-state index contributed by atoms with van der Waals surface area (Å²) in [4.78, 5) is 38.8. The van der Waals surface area contributed by atoms with E-state index < -0.39 is 17.5 Å². The molecule has 1 aliphatic carbocycles. The van der Waals surface area contributed by atoms with E-state index in [0.717, 1.165) is 16.0 Å². The summed E-state index contributed by atoms with van der Waals surface area (Å²) in [5.41, 5.74) is 1.48. The monoisotopic (exact) mass is 417 g/mol. The van der Waals surface area contributed by atoms with Gasteiger partial charge in [-0.2, -0.15) is 0 Å². The van der Waals surface area contributed by atoms with Crippen LogP contribution in [0.3, 0.4) is 0 Å². The van der Waals surface area contributed by atoms with Crippen LogP contribution in [-0.2, 0) is 28.1 Å². The normalized spacial score (nSPS) is 20.4. The maximum absolute atomic E-state index is 13.0. The molecule has 8 heteroatoms. The predicted octanol–water partition coefficient (Wildman–Crippen LogP) is 3.00. The summed E-state index contributed by atoms with van der Waals surface area (Å²) in [6.45, 7) is -0.174. The molecule has 0 bridgehead atoms. The predicted molar refractivity (Wildman–Crippen MR) is 105 cm³/mol. The van der Waals surface area contributed by atoms with Crippen molar-refractivity contribution in [3.63, 3.8) is 0 Å². The second kappa shape index (κ2) is 7.11. The molecule has 2 aromatic rings. The molecule has 2 aromatic carbocycles. The summed E-state index contributed by atoms with van der Waals surface area (Å²) in [6.07, 6.45) is 1.20. The van der Waals surface area contributed by atoms with Gasteiger partial charge < -0.3 is 10.6 Å². The maximum atomic E-state index is 13.0. The molecule has 0 saturated carbocycles. The molecule has 1 saturated heterocycles. The minimum atomic E-state index is -1.06. The molecule has 0 radical (unpaired) electrons. The Balaban J connectivity index is 1.45. The lowest BCUT2D eigenvalue weighted by Gasteiger charge is -2.22. The Kier molecular flexibility index (Phi) is 4.77. The van der Waals surface area contributed by atoms with E-state index >= 15 is 0 Å². The van der Waals surface area contributed by atoms with Gasteiger partial charge in [0.25, 0.3) is 5.91 Å². The van der Waals surface area contributed by atoms with Crippen LogP contribution in [0.5, 0.6) is 0 Å². The van der Waals surface area contributed by atoms with Crippen molar-refractivity contribution in [2.75, 3.05) is 6.54 Å². The lowest BCUT2D eigenvalue weighted by molar-refractivity contribution is -0.135. The van der Waals surface area contributed by atoms with E-state index in [1.807, 2.05) is 24.3 Å². The number of amides is 4. The second-order valence-electron chi connectivity index (χ2n) is 6.90. The smallest absolute Gasteiger partial charge is 0.325 e. The van der Waals surface area contributed by atoms with Crippen molar-refractivity contribution in [1.29, 1.82) is 0 Å². The number of benzene rings is 2. The van der Waals surface area contributed by atoms with Crippen molar-refractivity contribution < 1.29 is 14.4 Å². The van der Waals surface area contributed by atoms with Crippen LogP contribution in [0.25, 0.3) is 0 Å². The van der Waals surface area contributed by atoms with Crippen LogP contribution in [0.2, 0.25) is 10.0 Å². The summed E-state index contributed by atoms with van der Waals surface area (Å²) in [6, 6.07) is 12.0. The highest BCUT2D eigenvalue weighted by molar-refractivity contribution is 6.35. The van der Waals surface area contributed by atoms with Crippen LogP contribution >= 0.6 is 23.2 Å². The molecule has 1 atom stereocenters. The van der Waals surface area contributed by atoms with Gasteiger partial charge in [0.05, 0.1) is 0 Å². The molecule has 1 heterocycles. The quantitative estimate of drug-likeness (QED) is 0.750. The van der Waals surface area contributed by atoms with Crippen LogP contribution in [0.1, 0.15) is 23.1 Å². The van der Waals surface area contributed by atoms with Crippen molar-refractivity contribution >= 4 is 41.0 Å². The number of fused-ring (bicyclic) bond motifs is 2. The number of nitrogens with zero attached hydrogens (tertiary/aromatic N) is 1. The average molecular weight is 418 g/mol. The molecule has 2 aliphatic rings. The Hall–Kier alpha value is -2.57. The first kappa shape index (κ1) is 18.8. The van der Waals surface area contributed by atoms with Crippen molar-refractivity contribution in [2.45, 2.75) is 24.9 Å². The molecule has 4 amide bonds. The van der Waals surface area contributed by atoms with E-state index in [-0.39, 0.29) is 19.0 Å². The van der Waals surface area contributed by atoms with Crippen LogP contribution in [0, 0.1) is 0 Å². The van der Waals surface area contributed by atoms with Crippen molar-refractivity contribution in [2.24, 2.45) is 0 Å². The topological polar surface area (TPSA) is 78.5 Å². The first-order valence-electron chi connectivity index (χ1n) is 8.84. The van der Waals surface area contributed by atoms with E-state index in [4.69, 9.17) is 23.2 Å². The highest BCUT2D eigenvalue weighted by Crippen LogP contribution is 2.41. The van der Waals surface area contributed by atoms with Gasteiger partial charge in [0, 0.05) is 16.6 Å². The van der Waals surface area contributed by atoms with E-state index in [0.29, 0.717) is 28.5 Å². The molecular weight excluding hydrogens is 401 g/mol. The van der Waals surface area contributed by atoms with E-state index in [1.165, 1.54) is 0 Å². The number of halogens is 2. The Labute approximate surface area is 171 Å². The third-order valence-electron chi connectivity index (χ3n) is 5.22. The molecule has 0 aromatic heterocycles. The van der Waals surface area contributed by atoms with Gasteiger partial charge >= 0.3 is 6.03 Å². The van der Waals surface area contributed by atoms with Gasteiger partial charge in [-0.3, -0.25) is 14.5 Å². The molecule has 2 N–H and O–H groups in total. The number of carbonyl (C=O) groups is 3. The summed E-state index contributed by atoms with van der Waals surface area (Å²) in [7, 11) is 0. The summed E-state index contributed by atoms with van der Waals surface area (Å²) >= 11 is 12.0. The van der Waals surface area contributed by atoms with Crippen molar-refractivity contribution in [1.82, 2.24) is 15.5 Å². The van der Waals surface area contributed by atoms with Gasteiger partial charge in [-0.25, -0.2) is 4.79 Å². The van der Waals surface area contributed by atoms with E-state index in [2.05, 4.69) is 10.6 Å². The molecular formula is C20H17Cl2N3O3. The molecule has 6 nitrogen and oxygen atoms in total. The molecule has 1 unspecified atom stereocenters. The van der Waals surface area contributed by atoms with Gasteiger partial charge in [-0.1, -0.05) is 53.5 Å². The Morgan fingerprint density at radius 1 is 1.18 bits per heavy atom. The minimum Gasteiger partial charge on any atom is -0.350 e. The molecule has 1 spiro atoms. The van der Waals surface area contributed by atoms with E-state index in [9.17, 15) is 14.4 Å². The lowest BCUT2D eigenvalue weighted by atomic mass is 9.92. The van der Waals surface area contributed by atoms with Crippen molar-refractivity contribution in [3.05, 3.63) is 69.2 Å². The van der Waals surface area contributed by atoms with Gasteiger partial charge in [0.1, 0.15) is 12.1 Å². The Morgan fingerprint density at radius 3 is 2.75 bits per heavy atom. The number of carbonyl (C=O) groups excluding carboxylic acids is 3. The zero-order chi connectivity index (χ0) is 19.9. The maximum Gasteiger partial charge on any atom is 0.325 e. The van der Waals surface area contributed by atoms with Crippen molar-refractivity contribution in [3.8, 4) is 0 Å². The third kappa shape index (κ3) is 3.12. The largest absolute Gasteiger partial charge is 0.350 e. The van der Waals surface area contributed by atoms with Gasteiger partial charge in [-0.15, -0.1) is 0 Å². The molecule has 1 aliphatic heterocycles. The summed E-state index contributed by atoms with van der Waals surface area (Å²) in [5.74, 6) is -0.833. The van der Waals surface area contributed by atoms with Crippen LogP contribution in [0.15, 0.2) is 42.5 Å². The third-order valence-corrected chi connectivity index (χ3v) is 5.80. The van der Waals surface area contributed by atoms with Crippen LogP contribution in [0.4, 0.5) is 4.79 Å². The number of nitrogens with one attached hydrogen (secondary N) is 2. The number of aryl methyl sites for hydroxylation is 1. The molecule has 1 fully saturated rings. The minimum absolute atomic E-state index is 0.173. The fraction of sp³-hybridized carbons (Fsp3) is 0.250. The summed E-state index contributed by atoms with van der Waals surface area (Å²) in [5, 5.41) is 6.42. The first-order chi connectivity index (χ1) is 13.4. The second-order valence-corrected chi connectivity index (χ2v) is 7.74. The fourth-order valence-electron chi connectivity index (χ4n) is 3.79. The standard InChI is InChI=1S/C20H17Cl2N3O3/c21-14-6-5-13(16(22)9-14)10-23-17(26)11-25-18(27)20(24-19(25)28)8-7-12-3-1-2-4-15(12)20/h1-6,9H,7-8,10-11H2,(H,23,26)(H,24,28). The number of hydrogen-bond acceptors (Lipinski definition) is 3. The zero-order valence-electron chi connectivity index (χ0n) is 14.8. The highest BCUT2D eigenvalue weighted by Gasteiger charge is 2.55. The molecule has 144 valence electrons.